The van der Waals surface area contributed by atoms with Crippen molar-refractivity contribution in [3.05, 3.63) is 290 Å². The summed E-state index contributed by atoms with van der Waals surface area (Å²) in [5.41, 5.74) is 16.5. The third-order valence-corrected chi connectivity index (χ3v) is 13.9. The largest absolute Gasteiger partial charge is 0.323 e. The molecule has 0 spiro atoms. The molecule has 68 heavy (non-hydrogen) atoms. The second-order valence-electron chi connectivity index (χ2n) is 17.7. The van der Waals surface area contributed by atoms with E-state index >= 15 is 0 Å². The molecule has 0 fully saturated rings. The van der Waals surface area contributed by atoms with Crippen LogP contribution < -0.4 is 9.80 Å². The molecule has 1 unspecified atom stereocenters. The Morgan fingerprint density at radius 3 is 1.71 bits per heavy atom. The van der Waals surface area contributed by atoms with Crippen molar-refractivity contribution in [3.63, 3.8) is 0 Å². The van der Waals surface area contributed by atoms with E-state index in [0.29, 0.717) is 0 Å². The first-order valence-electron chi connectivity index (χ1n) is 23.4. The Labute approximate surface area is 396 Å². The van der Waals surface area contributed by atoms with Gasteiger partial charge in [0.1, 0.15) is 5.54 Å². The Kier molecular flexibility index (Phi) is 9.40. The van der Waals surface area contributed by atoms with E-state index in [-0.39, 0.29) is 0 Å². The van der Waals surface area contributed by atoms with Gasteiger partial charge in [-0.3, -0.25) is 0 Å². The van der Waals surface area contributed by atoms with Crippen LogP contribution in [0.4, 0.5) is 28.4 Å². The van der Waals surface area contributed by atoms with E-state index in [1.54, 1.807) is 0 Å². The highest BCUT2D eigenvalue weighted by Gasteiger charge is 2.50. The van der Waals surface area contributed by atoms with Crippen molar-refractivity contribution >= 4 is 61.0 Å². The fourth-order valence-electron chi connectivity index (χ4n) is 11.0. The average Bonchev–Trinajstić information content (AvgIpc) is 3.90. The molecule has 3 nitrogen and oxygen atoms in total. The molecule has 1 heterocycles. The molecule has 1 aliphatic carbocycles. The molecule has 11 aromatic carbocycles. The fraction of sp³-hybridized carbons (Fsp3) is 0.0154. The summed E-state index contributed by atoms with van der Waals surface area (Å²) in [4.78, 5) is 5.02. The van der Waals surface area contributed by atoms with Crippen molar-refractivity contribution in [3.8, 4) is 27.9 Å². The summed E-state index contributed by atoms with van der Waals surface area (Å²) in [6.45, 7) is 0. The van der Waals surface area contributed by atoms with Gasteiger partial charge in [0.2, 0.25) is 0 Å². The molecule has 0 N–H and O–H groups in total. The van der Waals surface area contributed by atoms with Crippen LogP contribution in [0, 0.1) is 0 Å². The van der Waals surface area contributed by atoms with Gasteiger partial charge in [-0.15, -0.1) is 0 Å². The molecule has 0 amide bonds. The van der Waals surface area contributed by atoms with Crippen LogP contribution >= 0.6 is 0 Å². The molecule has 0 aliphatic heterocycles. The van der Waals surface area contributed by atoms with E-state index in [1.165, 1.54) is 66.0 Å². The Balaban J connectivity index is 1.08. The number of hydrogen-bond acceptors (Lipinski definition) is 2. The van der Waals surface area contributed by atoms with Crippen molar-refractivity contribution in [2.75, 3.05) is 9.80 Å². The van der Waals surface area contributed by atoms with Gasteiger partial charge in [-0.2, -0.15) is 0 Å². The normalized spacial score (nSPS) is 13.9. The minimum Gasteiger partial charge on any atom is -0.323 e. The molecule has 1 aliphatic rings. The molecule has 13 rings (SSSR count). The highest BCUT2D eigenvalue weighted by molar-refractivity contribution is 6.10. The summed E-state index contributed by atoms with van der Waals surface area (Å²) < 4.78 is 2.44. The number of fused-ring (bicyclic) bond motifs is 7. The number of hydrogen-bond donors (Lipinski definition) is 0. The zero-order valence-electron chi connectivity index (χ0n) is 37.3. The lowest BCUT2D eigenvalue weighted by molar-refractivity contribution is 0.644. The number of aromatic nitrogens is 1. The Morgan fingerprint density at radius 2 is 0.897 bits per heavy atom. The third kappa shape index (κ3) is 6.28. The van der Waals surface area contributed by atoms with Crippen LogP contribution in [0.5, 0.6) is 0 Å². The lowest BCUT2D eigenvalue weighted by Crippen LogP contribution is -2.44. The zero-order chi connectivity index (χ0) is 45.0. The predicted octanol–water partition coefficient (Wildman–Crippen LogP) is 17.2. The van der Waals surface area contributed by atoms with Gasteiger partial charge in [-0.25, -0.2) is 0 Å². The molecular weight excluding hydrogens is 823 g/mol. The lowest BCUT2D eigenvalue weighted by Gasteiger charge is -2.45. The van der Waals surface area contributed by atoms with Crippen LogP contribution in [0.2, 0.25) is 0 Å². The quantitative estimate of drug-likeness (QED) is 0.143. The van der Waals surface area contributed by atoms with Gasteiger partial charge in [0.05, 0.1) is 11.0 Å². The minimum atomic E-state index is -0.783. The average molecular weight is 868 g/mol. The summed E-state index contributed by atoms with van der Waals surface area (Å²) in [5.74, 6) is 0. The maximum atomic E-state index is 2.59. The summed E-state index contributed by atoms with van der Waals surface area (Å²) in [6.07, 6.45) is 0. The summed E-state index contributed by atoms with van der Waals surface area (Å²) in [6, 6.07) is 100. The number of anilines is 5. The molecule has 1 atom stereocenters. The Bertz CT molecular complexity index is 3800. The van der Waals surface area contributed by atoms with Crippen LogP contribution in [0.25, 0.3) is 60.5 Å². The number of benzene rings is 11. The molecule has 0 saturated carbocycles. The first-order chi connectivity index (χ1) is 33.7. The maximum absolute atomic E-state index is 2.59. The molecule has 3 heteroatoms. The third-order valence-electron chi connectivity index (χ3n) is 13.9. The second-order valence-corrected chi connectivity index (χ2v) is 17.7. The lowest BCUT2D eigenvalue weighted by atomic mass is 9.78. The fourth-order valence-corrected chi connectivity index (χ4v) is 11.0. The van der Waals surface area contributed by atoms with Gasteiger partial charge in [0, 0.05) is 44.9 Å². The van der Waals surface area contributed by atoms with E-state index in [9.17, 15) is 0 Å². The summed E-state index contributed by atoms with van der Waals surface area (Å²) in [7, 11) is 0. The van der Waals surface area contributed by atoms with E-state index < -0.39 is 5.54 Å². The van der Waals surface area contributed by atoms with Gasteiger partial charge >= 0.3 is 0 Å². The van der Waals surface area contributed by atoms with E-state index in [1.807, 2.05) is 0 Å². The maximum Gasteiger partial charge on any atom is 0.122 e. The Hall–Kier alpha value is -8.92. The van der Waals surface area contributed by atoms with Crippen molar-refractivity contribution in [1.82, 2.24) is 4.57 Å². The van der Waals surface area contributed by atoms with Crippen LogP contribution in [-0.2, 0) is 5.54 Å². The highest BCUT2D eigenvalue weighted by Crippen LogP contribution is 2.59. The van der Waals surface area contributed by atoms with Crippen LogP contribution in [-0.4, -0.2) is 4.57 Å². The van der Waals surface area contributed by atoms with Crippen molar-refractivity contribution in [1.29, 1.82) is 0 Å². The van der Waals surface area contributed by atoms with Gasteiger partial charge in [-0.1, -0.05) is 194 Å². The van der Waals surface area contributed by atoms with Gasteiger partial charge in [-0.05, 0) is 129 Å². The van der Waals surface area contributed by atoms with E-state index in [4.69, 9.17) is 0 Å². The minimum absolute atomic E-state index is 0.783. The van der Waals surface area contributed by atoms with Crippen LogP contribution in [0.15, 0.2) is 273 Å². The van der Waals surface area contributed by atoms with Crippen molar-refractivity contribution < 1.29 is 0 Å². The number of nitrogens with zero attached hydrogens (tertiary/aromatic N) is 3. The smallest absolute Gasteiger partial charge is 0.122 e. The molecular formula is C65H45N3. The monoisotopic (exact) mass is 867 g/mol. The standard InChI is InChI=1S/C65H45N3/c1-5-20-46(21-6-1)49-24-19-31-56(43-49)68(52-29-11-4-12-30-52)65(50-25-7-2-8-26-50)61-34-17-15-32-57(61)58-40-38-54(44-62(58)65)66(51-27-9-3-10-28-51)55-39-41-60-59-33-16-18-35-63(59)67(64(60)45-55)53-37-36-47-22-13-14-23-48(47)42-53/h1-45H. The van der Waals surface area contributed by atoms with E-state index in [2.05, 4.69) is 287 Å². The highest BCUT2D eigenvalue weighted by atomic mass is 15.2. The first kappa shape index (κ1) is 39.4. The molecule has 0 radical (unpaired) electrons. The van der Waals surface area contributed by atoms with Crippen LogP contribution in [0.3, 0.4) is 0 Å². The van der Waals surface area contributed by atoms with E-state index in [0.717, 1.165) is 39.6 Å². The van der Waals surface area contributed by atoms with Crippen molar-refractivity contribution in [2.24, 2.45) is 0 Å². The topological polar surface area (TPSA) is 11.4 Å². The Morgan fingerprint density at radius 1 is 0.309 bits per heavy atom. The molecule has 320 valence electrons. The molecule has 0 saturated heterocycles. The summed E-state index contributed by atoms with van der Waals surface area (Å²) in [5, 5.41) is 4.89. The number of para-hydroxylation sites is 3. The molecule has 0 bridgehead atoms. The zero-order valence-corrected chi connectivity index (χ0v) is 37.3. The molecule has 1 aromatic heterocycles. The predicted molar refractivity (Wildman–Crippen MR) is 285 cm³/mol. The van der Waals surface area contributed by atoms with Crippen LogP contribution in [0.1, 0.15) is 16.7 Å². The second kappa shape index (κ2) is 16.2. The van der Waals surface area contributed by atoms with Crippen molar-refractivity contribution in [2.45, 2.75) is 5.54 Å². The summed E-state index contributed by atoms with van der Waals surface area (Å²) >= 11 is 0. The number of rotatable bonds is 9. The van der Waals surface area contributed by atoms with Gasteiger partial charge < -0.3 is 14.4 Å². The first-order valence-corrected chi connectivity index (χ1v) is 23.4. The SMILES string of the molecule is c1ccc(-c2cccc(N(c3ccccc3)C3(c4ccccc4)c4ccccc4-c4ccc(N(c5ccccc5)c5ccc6c7ccccc7n(-c7ccc8ccccc8c7)c6c5)cc43)c2)cc1. The molecule has 12 aromatic rings. The van der Waals surface area contributed by atoms with Gasteiger partial charge in [0.25, 0.3) is 0 Å². The van der Waals surface area contributed by atoms with Gasteiger partial charge in [0.15, 0.2) is 0 Å².